The van der Waals surface area contributed by atoms with Crippen molar-refractivity contribution < 1.29 is 14.0 Å². The van der Waals surface area contributed by atoms with Gasteiger partial charge in [-0.1, -0.05) is 38.7 Å². The second-order valence-electron chi connectivity index (χ2n) is 6.55. The fourth-order valence-corrected chi connectivity index (χ4v) is 2.46. The summed E-state index contributed by atoms with van der Waals surface area (Å²) in [5.74, 6) is -0.0295. The first-order valence-electron chi connectivity index (χ1n) is 8.60. The number of hydrogen-bond acceptors (Lipinski definition) is 2. The van der Waals surface area contributed by atoms with Crippen LogP contribution in [0.3, 0.4) is 0 Å². The summed E-state index contributed by atoms with van der Waals surface area (Å²) in [4.78, 5) is 11.6. The van der Waals surface area contributed by atoms with Crippen LogP contribution in [-0.4, -0.2) is 44.2 Å². The maximum atomic E-state index is 11.6. The average Bonchev–Trinajstić information content (AvgIpc) is 2.41. The standard InChI is InChI=1S/C18H36NO2.BrH/c1-5-7-8-9-10-11-12-13-14-18(20)21-17-16-19(3,4)15-6-2;/h5H,1,6-17H2,2-4H3;1H/q+1;. The van der Waals surface area contributed by atoms with Crippen molar-refractivity contribution in [2.24, 2.45) is 0 Å². The lowest BCUT2D eigenvalue weighted by Gasteiger charge is -2.28. The Hall–Kier alpha value is -0.350. The smallest absolute Gasteiger partial charge is 0.305 e. The average molecular weight is 379 g/mol. The Morgan fingerprint density at radius 2 is 1.64 bits per heavy atom. The molecule has 0 unspecified atom stereocenters. The molecule has 0 atom stereocenters. The molecule has 0 fully saturated rings. The molecule has 3 nitrogen and oxygen atoms in total. The highest BCUT2D eigenvalue weighted by Gasteiger charge is 2.14. The van der Waals surface area contributed by atoms with Crippen LogP contribution in [0.2, 0.25) is 0 Å². The van der Waals surface area contributed by atoms with Gasteiger partial charge in [0, 0.05) is 6.42 Å². The van der Waals surface area contributed by atoms with Crippen LogP contribution < -0.4 is 0 Å². The molecule has 0 aromatic carbocycles. The largest absolute Gasteiger partial charge is 0.460 e. The van der Waals surface area contributed by atoms with E-state index in [1.807, 2.05) is 6.08 Å². The Balaban J connectivity index is 0. The lowest BCUT2D eigenvalue weighted by atomic mass is 10.1. The molecule has 0 aromatic rings. The van der Waals surface area contributed by atoms with Gasteiger partial charge in [-0.05, 0) is 25.7 Å². The summed E-state index contributed by atoms with van der Waals surface area (Å²) in [6, 6.07) is 0. The van der Waals surface area contributed by atoms with Crippen molar-refractivity contribution in [1.82, 2.24) is 0 Å². The quantitative estimate of drug-likeness (QED) is 0.186. The molecule has 0 bridgehead atoms. The number of quaternary nitrogens is 1. The van der Waals surface area contributed by atoms with E-state index >= 15 is 0 Å². The Morgan fingerprint density at radius 1 is 1.05 bits per heavy atom. The van der Waals surface area contributed by atoms with Crippen molar-refractivity contribution in [1.29, 1.82) is 0 Å². The van der Waals surface area contributed by atoms with Crippen molar-refractivity contribution in [2.45, 2.75) is 64.7 Å². The molecule has 0 amide bonds. The minimum Gasteiger partial charge on any atom is -0.460 e. The van der Waals surface area contributed by atoms with Crippen LogP contribution in [0.15, 0.2) is 12.7 Å². The molecule has 0 aliphatic carbocycles. The van der Waals surface area contributed by atoms with Gasteiger partial charge in [0.15, 0.2) is 0 Å². The highest BCUT2D eigenvalue weighted by Crippen LogP contribution is 2.09. The third-order valence-electron chi connectivity index (χ3n) is 3.83. The molecule has 0 saturated heterocycles. The van der Waals surface area contributed by atoms with Gasteiger partial charge in [-0.25, -0.2) is 0 Å². The second-order valence-corrected chi connectivity index (χ2v) is 6.55. The molecular formula is C18H37BrNO2+. The Labute approximate surface area is 148 Å². The minimum atomic E-state index is -0.0295. The maximum Gasteiger partial charge on any atom is 0.305 e. The first-order valence-corrected chi connectivity index (χ1v) is 8.60. The third kappa shape index (κ3) is 16.0. The van der Waals surface area contributed by atoms with E-state index in [4.69, 9.17) is 4.74 Å². The molecule has 0 spiro atoms. The van der Waals surface area contributed by atoms with Crippen molar-refractivity contribution in [2.75, 3.05) is 33.8 Å². The monoisotopic (exact) mass is 378 g/mol. The molecule has 0 N–H and O–H groups in total. The summed E-state index contributed by atoms with van der Waals surface area (Å²) in [5, 5.41) is 0. The number of unbranched alkanes of at least 4 members (excludes halogenated alkanes) is 6. The van der Waals surface area contributed by atoms with Crippen LogP contribution in [0.1, 0.15) is 64.7 Å². The van der Waals surface area contributed by atoms with Gasteiger partial charge in [0.1, 0.15) is 13.2 Å². The third-order valence-corrected chi connectivity index (χ3v) is 3.83. The van der Waals surface area contributed by atoms with Gasteiger partial charge < -0.3 is 9.22 Å². The number of likely N-dealkylation sites (N-methyl/N-ethyl adjacent to an activating group) is 1. The maximum absolute atomic E-state index is 11.6. The molecule has 0 aliphatic heterocycles. The Kier molecular flexibility index (Phi) is 16.9. The highest BCUT2D eigenvalue weighted by molar-refractivity contribution is 8.93. The van der Waals surface area contributed by atoms with E-state index in [0.717, 1.165) is 43.3 Å². The molecular weight excluding hydrogens is 342 g/mol. The van der Waals surface area contributed by atoms with Gasteiger partial charge in [0.2, 0.25) is 0 Å². The van der Waals surface area contributed by atoms with E-state index in [1.54, 1.807) is 0 Å². The van der Waals surface area contributed by atoms with Crippen LogP contribution in [0.25, 0.3) is 0 Å². The van der Waals surface area contributed by atoms with E-state index in [2.05, 4.69) is 27.6 Å². The summed E-state index contributed by atoms with van der Waals surface area (Å²) in [6.07, 6.45) is 12.0. The van der Waals surface area contributed by atoms with Crippen LogP contribution in [-0.2, 0) is 9.53 Å². The van der Waals surface area contributed by atoms with Crippen LogP contribution in [0, 0.1) is 0 Å². The van der Waals surface area contributed by atoms with Gasteiger partial charge in [0.25, 0.3) is 0 Å². The number of ether oxygens (including phenoxy) is 1. The topological polar surface area (TPSA) is 26.3 Å². The number of rotatable bonds is 14. The fourth-order valence-electron chi connectivity index (χ4n) is 2.46. The number of carbonyl (C=O) groups excluding carboxylic acids is 1. The Bertz CT molecular complexity index is 280. The van der Waals surface area contributed by atoms with Crippen molar-refractivity contribution in [3.8, 4) is 0 Å². The van der Waals surface area contributed by atoms with Gasteiger partial charge in [-0.2, -0.15) is 0 Å². The second kappa shape index (κ2) is 15.5. The highest BCUT2D eigenvalue weighted by atomic mass is 79.9. The number of nitrogens with zero attached hydrogens (tertiary/aromatic N) is 1. The SMILES string of the molecule is Br.C=CCCCCCCCCC(=O)OCC[N+](C)(C)CCC. The lowest BCUT2D eigenvalue weighted by molar-refractivity contribution is -0.890. The zero-order valence-electron chi connectivity index (χ0n) is 14.9. The first kappa shape index (κ1) is 23.9. The Morgan fingerprint density at radius 3 is 2.23 bits per heavy atom. The summed E-state index contributed by atoms with van der Waals surface area (Å²) >= 11 is 0. The first-order chi connectivity index (χ1) is 10.0. The molecule has 0 aliphatic rings. The van der Waals surface area contributed by atoms with Crippen LogP contribution >= 0.6 is 17.0 Å². The fraction of sp³-hybridized carbons (Fsp3) is 0.833. The van der Waals surface area contributed by atoms with Gasteiger partial charge in [0.05, 0.1) is 20.6 Å². The predicted molar refractivity (Wildman–Crippen MR) is 101 cm³/mol. The summed E-state index contributed by atoms with van der Waals surface area (Å²) < 4.78 is 6.24. The normalized spacial score (nSPS) is 10.9. The van der Waals surface area contributed by atoms with Crippen molar-refractivity contribution in [3.63, 3.8) is 0 Å². The number of hydrogen-bond donors (Lipinski definition) is 0. The number of halogens is 1. The van der Waals surface area contributed by atoms with Crippen molar-refractivity contribution >= 4 is 23.0 Å². The molecule has 132 valence electrons. The molecule has 0 radical (unpaired) electrons. The van der Waals surface area contributed by atoms with Gasteiger partial charge in [-0.3, -0.25) is 4.79 Å². The lowest BCUT2D eigenvalue weighted by Crippen LogP contribution is -2.43. The summed E-state index contributed by atoms with van der Waals surface area (Å²) in [7, 11) is 4.37. The van der Waals surface area contributed by atoms with E-state index < -0.39 is 0 Å². The summed E-state index contributed by atoms with van der Waals surface area (Å²) in [6.45, 7) is 8.49. The summed E-state index contributed by atoms with van der Waals surface area (Å²) in [5.41, 5.74) is 0. The van der Waals surface area contributed by atoms with Crippen LogP contribution in [0.5, 0.6) is 0 Å². The minimum absolute atomic E-state index is 0. The van der Waals surface area contributed by atoms with E-state index in [0.29, 0.717) is 13.0 Å². The molecule has 0 heterocycles. The van der Waals surface area contributed by atoms with Gasteiger partial charge in [-0.15, -0.1) is 23.6 Å². The number of allylic oxidation sites excluding steroid dienone is 1. The number of esters is 1. The van der Waals surface area contributed by atoms with Crippen molar-refractivity contribution in [3.05, 3.63) is 12.7 Å². The predicted octanol–water partition coefficient (Wildman–Crippen LogP) is 4.90. The molecule has 0 rings (SSSR count). The molecule has 0 saturated carbocycles. The zero-order valence-corrected chi connectivity index (χ0v) is 16.7. The van der Waals surface area contributed by atoms with E-state index in [1.165, 1.54) is 25.7 Å². The van der Waals surface area contributed by atoms with E-state index in [9.17, 15) is 4.79 Å². The zero-order chi connectivity index (χ0) is 16.0. The van der Waals surface area contributed by atoms with Crippen LogP contribution in [0.4, 0.5) is 0 Å². The molecule has 4 heteroatoms. The van der Waals surface area contributed by atoms with Gasteiger partial charge >= 0.3 is 5.97 Å². The number of carbonyl (C=O) groups is 1. The molecule has 22 heavy (non-hydrogen) atoms. The van der Waals surface area contributed by atoms with E-state index in [-0.39, 0.29) is 23.0 Å². The molecule has 0 aromatic heterocycles.